The smallest absolute Gasteiger partial charge is 0.185 e. The van der Waals surface area contributed by atoms with Crippen LogP contribution in [0.3, 0.4) is 0 Å². The Morgan fingerprint density at radius 1 is 1.65 bits per heavy atom. The Labute approximate surface area is 108 Å². The van der Waals surface area contributed by atoms with Crippen LogP contribution in [0.15, 0.2) is 6.20 Å². The van der Waals surface area contributed by atoms with Crippen LogP contribution in [0.4, 0.5) is 5.13 Å². The van der Waals surface area contributed by atoms with E-state index >= 15 is 0 Å². The maximum absolute atomic E-state index is 4.57. The van der Waals surface area contributed by atoms with E-state index < -0.39 is 0 Å². The molecule has 0 radical (unpaired) electrons. The topological polar surface area (TPSA) is 28.2 Å². The molecular formula is C13H23N3S. The van der Waals surface area contributed by atoms with Crippen LogP contribution < -0.4 is 10.2 Å². The van der Waals surface area contributed by atoms with Crippen LogP contribution in [-0.2, 0) is 0 Å². The first kappa shape index (κ1) is 12.8. The van der Waals surface area contributed by atoms with E-state index in [1.54, 1.807) is 0 Å². The summed E-state index contributed by atoms with van der Waals surface area (Å²) in [5.41, 5.74) is 0. The molecule has 1 aliphatic heterocycles. The fourth-order valence-corrected chi connectivity index (χ4v) is 3.43. The molecule has 0 saturated carbocycles. The van der Waals surface area contributed by atoms with Crippen LogP contribution in [-0.4, -0.2) is 25.1 Å². The molecule has 1 aliphatic rings. The molecule has 0 spiro atoms. The van der Waals surface area contributed by atoms with Gasteiger partial charge in [-0.05, 0) is 32.7 Å². The fraction of sp³-hybridized carbons (Fsp3) is 0.769. The molecule has 1 saturated heterocycles. The summed E-state index contributed by atoms with van der Waals surface area (Å²) in [4.78, 5) is 8.36. The summed E-state index contributed by atoms with van der Waals surface area (Å²) in [5.74, 6) is 0.883. The summed E-state index contributed by atoms with van der Waals surface area (Å²) in [6.45, 7) is 6.85. The van der Waals surface area contributed by atoms with Crippen LogP contribution in [0.25, 0.3) is 0 Å². The van der Waals surface area contributed by atoms with Gasteiger partial charge in [-0.3, -0.25) is 0 Å². The quantitative estimate of drug-likeness (QED) is 0.874. The molecule has 0 aromatic carbocycles. The Hall–Kier alpha value is -0.610. The van der Waals surface area contributed by atoms with Crippen LogP contribution in [0, 0.1) is 5.92 Å². The van der Waals surface area contributed by atoms with Crippen LogP contribution in [0.1, 0.15) is 44.0 Å². The van der Waals surface area contributed by atoms with Crippen molar-refractivity contribution in [3.8, 4) is 0 Å². The Morgan fingerprint density at radius 3 is 3.18 bits per heavy atom. The number of hydrogen-bond acceptors (Lipinski definition) is 4. The first-order valence-corrected chi connectivity index (χ1v) is 7.44. The van der Waals surface area contributed by atoms with E-state index in [2.05, 4.69) is 29.0 Å². The van der Waals surface area contributed by atoms with Gasteiger partial charge in [0.05, 0.1) is 0 Å². The highest BCUT2D eigenvalue weighted by Crippen LogP contribution is 2.31. The summed E-state index contributed by atoms with van der Waals surface area (Å²) in [5, 5.41) is 4.48. The van der Waals surface area contributed by atoms with Crippen molar-refractivity contribution < 1.29 is 0 Å². The fourth-order valence-electron chi connectivity index (χ4n) is 2.42. The van der Waals surface area contributed by atoms with Crippen molar-refractivity contribution in [3.63, 3.8) is 0 Å². The van der Waals surface area contributed by atoms with Crippen molar-refractivity contribution in [3.05, 3.63) is 11.1 Å². The summed E-state index contributed by atoms with van der Waals surface area (Å²) in [6, 6.07) is 0.412. The Balaban J connectivity index is 1.97. The van der Waals surface area contributed by atoms with Gasteiger partial charge in [-0.1, -0.05) is 13.3 Å². The maximum Gasteiger partial charge on any atom is 0.185 e. The highest BCUT2D eigenvalue weighted by Gasteiger charge is 2.24. The highest BCUT2D eigenvalue weighted by atomic mass is 32.1. The molecule has 1 aromatic rings. The number of hydrogen-bond donors (Lipinski definition) is 1. The third-order valence-corrected chi connectivity index (χ3v) is 4.87. The van der Waals surface area contributed by atoms with Crippen molar-refractivity contribution in [2.24, 2.45) is 5.92 Å². The molecule has 17 heavy (non-hydrogen) atoms. The number of aromatic nitrogens is 1. The highest BCUT2D eigenvalue weighted by molar-refractivity contribution is 7.15. The minimum Gasteiger partial charge on any atom is -0.348 e. The molecular weight excluding hydrogens is 230 g/mol. The molecule has 96 valence electrons. The average molecular weight is 253 g/mol. The molecule has 0 bridgehead atoms. The third-order valence-electron chi connectivity index (χ3n) is 3.62. The maximum atomic E-state index is 4.57. The lowest BCUT2D eigenvalue weighted by atomic mass is 10.0. The van der Waals surface area contributed by atoms with Gasteiger partial charge in [0.25, 0.3) is 0 Å². The predicted octanol–water partition coefficient (Wildman–Crippen LogP) is 3.05. The lowest BCUT2D eigenvalue weighted by Crippen LogP contribution is -2.19. The van der Waals surface area contributed by atoms with Gasteiger partial charge in [-0.15, -0.1) is 11.3 Å². The SMILES string of the molecule is CCCC1CCN(c2ncc(C(C)NC)s2)C1. The van der Waals surface area contributed by atoms with E-state index in [1.165, 1.54) is 42.4 Å². The standard InChI is InChI=1S/C13H23N3S/c1-4-5-11-6-7-16(9-11)13-15-8-12(17-13)10(2)14-3/h8,10-11,14H,4-7,9H2,1-3H3. The summed E-state index contributed by atoms with van der Waals surface area (Å²) >= 11 is 1.84. The molecule has 4 heteroatoms. The molecule has 1 N–H and O–H groups in total. The first-order chi connectivity index (χ1) is 8.24. The van der Waals surface area contributed by atoms with E-state index in [9.17, 15) is 0 Å². The van der Waals surface area contributed by atoms with Crippen molar-refractivity contribution in [1.29, 1.82) is 0 Å². The number of thiazole rings is 1. The predicted molar refractivity (Wildman–Crippen MR) is 74.8 cm³/mol. The molecule has 0 aliphatic carbocycles. The van der Waals surface area contributed by atoms with Gasteiger partial charge in [-0.2, -0.15) is 0 Å². The minimum absolute atomic E-state index is 0.412. The second-order valence-corrected chi connectivity index (χ2v) is 5.99. The van der Waals surface area contributed by atoms with Crippen LogP contribution >= 0.6 is 11.3 Å². The number of anilines is 1. The lowest BCUT2D eigenvalue weighted by Gasteiger charge is -2.14. The molecule has 1 aromatic heterocycles. The van der Waals surface area contributed by atoms with Crippen molar-refractivity contribution >= 4 is 16.5 Å². The van der Waals surface area contributed by atoms with Crippen LogP contribution in [0.5, 0.6) is 0 Å². The normalized spacial score (nSPS) is 22.1. The summed E-state index contributed by atoms with van der Waals surface area (Å²) in [6.07, 6.45) is 6.03. The summed E-state index contributed by atoms with van der Waals surface area (Å²) < 4.78 is 0. The third kappa shape index (κ3) is 2.99. The van der Waals surface area contributed by atoms with Crippen molar-refractivity contribution in [1.82, 2.24) is 10.3 Å². The Morgan fingerprint density at radius 2 is 2.47 bits per heavy atom. The second-order valence-electron chi connectivity index (χ2n) is 4.94. The molecule has 3 nitrogen and oxygen atoms in total. The van der Waals surface area contributed by atoms with Crippen molar-refractivity contribution in [2.75, 3.05) is 25.0 Å². The van der Waals surface area contributed by atoms with Crippen molar-refractivity contribution in [2.45, 2.75) is 39.2 Å². The van der Waals surface area contributed by atoms with Gasteiger partial charge in [-0.25, -0.2) is 4.98 Å². The van der Waals surface area contributed by atoms with Crippen LogP contribution in [0.2, 0.25) is 0 Å². The number of nitrogens with zero attached hydrogens (tertiary/aromatic N) is 2. The zero-order valence-corrected chi connectivity index (χ0v) is 11.9. The largest absolute Gasteiger partial charge is 0.348 e. The number of nitrogens with one attached hydrogen (secondary N) is 1. The van der Waals surface area contributed by atoms with E-state index in [0.717, 1.165) is 5.92 Å². The molecule has 2 unspecified atom stereocenters. The summed E-state index contributed by atoms with van der Waals surface area (Å²) in [7, 11) is 2.00. The van der Waals surface area contributed by atoms with Gasteiger partial charge in [0.2, 0.25) is 0 Å². The number of rotatable bonds is 5. The monoisotopic (exact) mass is 253 g/mol. The Kier molecular flexibility index (Phi) is 4.40. The molecule has 2 rings (SSSR count). The zero-order valence-electron chi connectivity index (χ0n) is 11.1. The minimum atomic E-state index is 0.412. The zero-order chi connectivity index (χ0) is 12.3. The van der Waals surface area contributed by atoms with Gasteiger partial charge < -0.3 is 10.2 Å². The lowest BCUT2D eigenvalue weighted by molar-refractivity contribution is 0.530. The van der Waals surface area contributed by atoms with E-state index in [0.29, 0.717) is 6.04 Å². The van der Waals surface area contributed by atoms with E-state index in [4.69, 9.17) is 0 Å². The van der Waals surface area contributed by atoms with Gasteiger partial charge in [0.15, 0.2) is 5.13 Å². The van der Waals surface area contributed by atoms with Gasteiger partial charge in [0.1, 0.15) is 0 Å². The first-order valence-electron chi connectivity index (χ1n) is 6.62. The molecule has 0 amide bonds. The second kappa shape index (κ2) is 5.83. The van der Waals surface area contributed by atoms with Gasteiger partial charge in [0, 0.05) is 30.2 Å². The molecule has 1 fully saturated rings. The molecule has 2 heterocycles. The van der Waals surface area contributed by atoms with Gasteiger partial charge >= 0.3 is 0 Å². The molecule has 2 atom stereocenters. The van der Waals surface area contributed by atoms with E-state index in [1.807, 2.05) is 24.6 Å². The van der Waals surface area contributed by atoms with E-state index in [-0.39, 0.29) is 0 Å². The Bertz CT molecular complexity index is 350. The average Bonchev–Trinajstić information content (AvgIpc) is 2.96.